The number of hydrogen-bond donors (Lipinski definition) is 2. The predicted molar refractivity (Wildman–Crippen MR) is 101 cm³/mol. The Kier molecular flexibility index (Phi) is 6.19. The van der Waals surface area contributed by atoms with E-state index in [1.807, 2.05) is 19.1 Å². The third-order valence-corrected chi connectivity index (χ3v) is 6.87. The lowest BCUT2D eigenvalue weighted by Gasteiger charge is -2.21. The van der Waals surface area contributed by atoms with Crippen molar-refractivity contribution in [2.45, 2.75) is 31.0 Å². The normalized spacial score (nSPS) is 13.0. The van der Waals surface area contributed by atoms with Crippen molar-refractivity contribution in [3.63, 3.8) is 0 Å². The highest BCUT2D eigenvalue weighted by molar-refractivity contribution is 9.10. The number of anilines is 1. The van der Waals surface area contributed by atoms with Gasteiger partial charge in [0.05, 0.1) is 5.69 Å². The molecule has 130 valence electrons. The lowest BCUT2D eigenvalue weighted by molar-refractivity contribution is -0.118. The van der Waals surface area contributed by atoms with Crippen LogP contribution in [-0.4, -0.2) is 20.4 Å². The van der Waals surface area contributed by atoms with E-state index in [9.17, 15) is 13.2 Å². The Morgan fingerprint density at radius 1 is 1.25 bits per heavy atom. The molecule has 0 saturated carbocycles. The monoisotopic (exact) mass is 430 g/mol. The van der Waals surface area contributed by atoms with Crippen LogP contribution in [0, 0.1) is 12.8 Å². The Hall–Kier alpha value is -1.22. The minimum atomic E-state index is -3.72. The van der Waals surface area contributed by atoms with E-state index in [0.29, 0.717) is 5.69 Å². The highest BCUT2D eigenvalue weighted by Gasteiger charge is 2.29. The van der Waals surface area contributed by atoms with Crippen molar-refractivity contribution < 1.29 is 13.2 Å². The molecule has 0 spiro atoms. The smallest absolute Gasteiger partial charge is 0.250 e. The first-order valence-corrected chi connectivity index (χ1v) is 10.5. The quantitative estimate of drug-likeness (QED) is 0.732. The largest absolute Gasteiger partial charge is 0.324 e. The number of carbonyl (C=O) groups is 1. The first-order chi connectivity index (χ1) is 11.2. The number of hydrogen-bond acceptors (Lipinski definition) is 4. The van der Waals surface area contributed by atoms with E-state index in [4.69, 9.17) is 0 Å². The van der Waals surface area contributed by atoms with Crippen molar-refractivity contribution >= 4 is 48.9 Å². The predicted octanol–water partition coefficient (Wildman–Crippen LogP) is 3.76. The number of carbonyl (C=O) groups excluding carboxylic acids is 1. The van der Waals surface area contributed by atoms with Crippen LogP contribution in [0.1, 0.15) is 19.4 Å². The van der Waals surface area contributed by atoms with Gasteiger partial charge < -0.3 is 5.32 Å². The molecule has 0 saturated heterocycles. The minimum absolute atomic E-state index is 0.192. The summed E-state index contributed by atoms with van der Waals surface area (Å²) in [5.74, 6) is -0.598. The summed E-state index contributed by atoms with van der Waals surface area (Å²) in [4.78, 5) is 12.6. The van der Waals surface area contributed by atoms with Crippen LogP contribution in [-0.2, 0) is 14.8 Å². The average molecular weight is 431 g/mol. The number of amides is 1. The molecular weight excluding hydrogens is 412 g/mol. The van der Waals surface area contributed by atoms with Gasteiger partial charge in [0.25, 0.3) is 10.0 Å². The first kappa shape index (κ1) is 19.1. The summed E-state index contributed by atoms with van der Waals surface area (Å²) in [5.41, 5.74) is 1.66. The second-order valence-electron chi connectivity index (χ2n) is 5.75. The second kappa shape index (κ2) is 7.77. The molecule has 0 aliphatic heterocycles. The highest BCUT2D eigenvalue weighted by Crippen LogP contribution is 2.24. The van der Waals surface area contributed by atoms with E-state index < -0.39 is 22.0 Å². The van der Waals surface area contributed by atoms with Crippen LogP contribution >= 0.6 is 27.3 Å². The lowest BCUT2D eigenvalue weighted by atomic mass is 10.0. The molecule has 0 bridgehead atoms. The summed E-state index contributed by atoms with van der Waals surface area (Å²) in [5, 5.41) is 4.46. The van der Waals surface area contributed by atoms with Crippen LogP contribution in [0.4, 0.5) is 5.69 Å². The van der Waals surface area contributed by atoms with Gasteiger partial charge in [-0.15, -0.1) is 11.3 Å². The molecule has 0 fully saturated rings. The number of nitrogens with one attached hydrogen (secondary N) is 2. The van der Waals surface area contributed by atoms with Crippen molar-refractivity contribution in [2.24, 2.45) is 5.92 Å². The van der Waals surface area contributed by atoms with Gasteiger partial charge in [-0.05, 0) is 57.9 Å². The van der Waals surface area contributed by atoms with E-state index in [1.54, 1.807) is 31.4 Å². The maximum absolute atomic E-state index is 12.6. The molecule has 1 atom stereocenters. The molecule has 0 unspecified atom stereocenters. The molecule has 8 heteroatoms. The van der Waals surface area contributed by atoms with Gasteiger partial charge >= 0.3 is 0 Å². The van der Waals surface area contributed by atoms with Crippen LogP contribution in [0.25, 0.3) is 0 Å². The zero-order valence-electron chi connectivity index (χ0n) is 13.5. The zero-order valence-corrected chi connectivity index (χ0v) is 16.8. The molecule has 0 aliphatic rings. The third kappa shape index (κ3) is 4.66. The fraction of sp³-hybridized carbons (Fsp3) is 0.312. The van der Waals surface area contributed by atoms with Crippen LogP contribution < -0.4 is 10.0 Å². The number of halogens is 1. The van der Waals surface area contributed by atoms with Gasteiger partial charge in [-0.3, -0.25) is 4.79 Å². The van der Waals surface area contributed by atoms with E-state index in [2.05, 4.69) is 26.0 Å². The molecular formula is C16H19BrN2O3S2. The average Bonchev–Trinajstić information content (AvgIpc) is 3.02. The second-order valence-corrected chi connectivity index (χ2v) is 9.49. The number of rotatable bonds is 6. The maximum Gasteiger partial charge on any atom is 0.250 e. The standard InChI is InChI=1S/C16H19BrN2O3S2/c1-10(2)15(19-24(21,22)14-5-4-8-23-14)16(20)18-13-7-6-11(3)9-12(13)17/h4-10,15,19H,1-3H3,(H,18,20)/t15-/m1/s1. The SMILES string of the molecule is Cc1ccc(NC(=O)[C@H](NS(=O)(=O)c2cccs2)C(C)C)c(Br)c1. The van der Waals surface area contributed by atoms with Gasteiger partial charge in [0.15, 0.2) is 0 Å². The Morgan fingerprint density at radius 2 is 1.96 bits per heavy atom. The van der Waals surface area contributed by atoms with Crippen LogP contribution in [0.2, 0.25) is 0 Å². The summed E-state index contributed by atoms with van der Waals surface area (Å²) in [6, 6.07) is 7.84. The van der Waals surface area contributed by atoms with E-state index >= 15 is 0 Å². The molecule has 0 radical (unpaired) electrons. The number of thiophene rings is 1. The van der Waals surface area contributed by atoms with Crippen LogP contribution in [0.15, 0.2) is 44.4 Å². The Morgan fingerprint density at radius 3 is 2.50 bits per heavy atom. The molecule has 24 heavy (non-hydrogen) atoms. The van der Waals surface area contributed by atoms with Crippen molar-refractivity contribution in [3.05, 3.63) is 45.7 Å². The van der Waals surface area contributed by atoms with Gasteiger partial charge in [0, 0.05) is 4.47 Å². The fourth-order valence-electron chi connectivity index (χ4n) is 2.07. The van der Waals surface area contributed by atoms with E-state index in [0.717, 1.165) is 21.4 Å². The van der Waals surface area contributed by atoms with Crippen molar-refractivity contribution in [3.8, 4) is 0 Å². The molecule has 0 aliphatic carbocycles. The number of sulfonamides is 1. The van der Waals surface area contributed by atoms with Gasteiger partial charge in [0.2, 0.25) is 5.91 Å². The number of aryl methyl sites for hydroxylation is 1. The van der Waals surface area contributed by atoms with Gasteiger partial charge in [0.1, 0.15) is 10.3 Å². The molecule has 2 rings (SSSR count). The van der Waals surface area contributed by atoms with Gasteiger partial charge in [-0.1, -0.05) is 26.0 Å². The zero-order chi connectivity index (χ0) is 17.9. The van der Waals surface area contributed by atoms with Gasteiger partial charge in [-0.25, -0.2) is 8.42 Å². The minimum Gasteiger partial charge on any atom is -0.324 e. The summed E-state index contributed by atoms with van der Waals surface area (Å²) in [7, 11) is -3.72. The fourth-order valence-corrected chi connectivity index (χ4v) is 5.01. The molecule has 1 amide bonds. The molecule has 1 heterocycles. The van der Waals surface area contributed by atoms with Gasteiger partial charge in [-0.2, -0.15) is 4.72 Å². The Bertz CT molecular complexity index is 818. The molecule has 2 N–H and O–H groups in total. The van der Waals surface area contributed by atoms with E-state index in [1.165, 1.54) is 6.07 Å². The molecule has 5 nitrogen and oxygen atoms in total. The third-order valence-electron chi connectivity index (χ3n) is 3.37. The number of benzene rings is 1. The van der Waals surface area contributed by atoms with Crippen molar-refractivity contribution in [2.75, 3.05) is 5.32 Å². The first-order valence-electron chi connectivity index (χ1n) is 7.33. The van der Waals surface area contributed by atoms with Crippen LogP contribution in [0.3, 0.4) is 0 Å². The highest BCUT2D eigenvalue weighted by atomic mass is 79.9. The summed E-state index contributed by atoms with van der Waals surface area (Å²) in [6.07, 6.45) is 0. The van der Waals surface area contributed by atoms with Crippen molar-refractivity contribution in [1.82, 2.24) is 4.72 Å². The lowest BCUT2D eigenvalue weighted by Crippen LogP contribution is -2.46. The van der Waals surface area contributed by atoms with Crippen LogP contribution in [0.5, 0.6) is 0 Å². The Labute approximate surface area is 154 Å². The molecule has 1 aromatic carbocycles. The maximum atomic E-state index is 12.6. The van der Waals surface area contributed by atoms with Crippen molar-refractivity contribution in [1.29, 1.82) is 0 Å². The summed E-state index contributed by atoms with van der Waals surface area (Å²) >= 11 is 4.52. The topological polar surface area (TPSA) is 75.3 Å². The van der Waals surface area contributed by atoms with E-state index in [-0.39, 0.29) is 10.1 Å². The summed E-state index contributed by atoms with van der Waals surface area (Å²) in [6.45, 7) is 5.54. The molecule has 1 aromatic heterocycles. The Balaban J connectivity index is 2.19. The summed E-state index contributed by atoms with van der Waals surface area (Å²) < 4.78 is 28.2. The molecule has 2 aromatic rings.